The summed E-state index contributed by atoms with van der Waals surface area (Å²) in [7, 11) is 1.53. The lowest BCUT2D eigenvalue weighted by Crippen LogP contribution is -2.40. The van der Waals surface area contributed by atoms with Gasteiger partial charge in [-0.2, -0.15) is 0 Å². The smallest absolute Gasteiger partial charge is 0.313 e. The zero-order chi connectivity index (χ0) is 15.4. The van der Waals surface area contributed by atoms with Gasteiger partial charge in [0.05, 0.1) is 6.10 Å². The summed E-state index contributed by atoms with van der Waals surface area (Å²) >= 11 is 0. The van der Waals surface area contributed by atoms with E-state index in [0.29, 0.717) is 6.54 Å². The van der Waals surface area contributed by atoms with Gasteiger partial charge in [0.2, 0.25) is 0 Å². The number of carbonyl (C=O) groups is 2. The molecule has 0 aromatic heterocycles. The van der Waals surface area contributed by atoms with Crippen molar-refractivity contribution < 1.29 is 19.1 Å². The second kappa shape index (κ2) is 6.67. The maximum Gasteiger partial charge on any atom is 0.313 e. The topological polar surface area (TPSA) is 69.6 Å². The van der Waals surface area contributed by atoms with Crippen molar-refractivity contribution in [2.24, 2.45) is 5.92 Å². The molecule has 0 heterocycles. The van der Waals surface area contributed by atoms with Gasteiger partial charge in [-0.15, -0.1) is 0 Å². The first-order valence-corrected chi connectivity index (χ1v) is 6.97. The fraction of sp³-hybridized carbons (Fsp3) is 0.467. The van der Waals surface area contributed by atoms with Crippen LogP contribution in [-0.2, 0) is 9.59 Å². The maximum atomic E-state index is 13.0. The molecule has 2 N–H and O–H groups in total. The highest BCUT2D eigenvalue weighted by atomic mass is 19.1. The second-order valence-corrected chi connectivity index (χ2v) is 5.41. The average Bonchev–Trinajstić information content (AvgIpc) is 2.83. The number of anilines is 1. The van der Waals surface area contributed by atoms with E-state index in [2.05, 4.69) is 5.32 Å². The van der Waals surface area contributed by atoms with E-state index in [9.17, 15) is 19.1 Å². The number of carbonyl (C=O) groups excluding carboxylic acids is 2. The number of amides is 2. The van der Waals surface area contributed by atoms with Crippen LogP contribution >= 0.6 is 0 Å². The minimum atomic E-state index is -0.810. The summed E-state index contributed by atoms with van der Waals surface area (Å²) in [5.41, 5.74) is 0.239. The van der Waals surface area contributed by atoms with E-state index in [-0.39, 0.29) is 11.6 Å². The summed E-state index contributed by atoms with van der Waals surface area (Å²) in [6, 6.07) is 5.36. The van der Waals surface area contributed by atoms with Crippen molar-refractivity contribution in [3.05, 3.63) is 30.1 Å². The Kier molecular flexibility index (Phi) is 4.90. The zero-order valence-corrected chi connectivity index (χ0v) is 11.9. The maximum absolute atomic E-state index is 13.0. The van der Waals surface area contributed by atoms with Gasteiger partial charge in [-0.25, -0.2) is 4.39 Å². The van der Waals surface area contributed by atoms with Gasteiger partial charge in [-0.1, -0.05) is 12.5 Å². The van der Waals surface area contributed by atoms with Crippen LogP contribution in [0, 0.1) is 11.7 Å². The molecule has 6 heteroatoms. The summed E-state index contributed by atoms with van der Waals surface area (Å²) in [6.07, 6.45) is 2.11. The van der Waals surface area contributed by atoms with Crippen LogP contribution in [0.4, 0.5) is 10.1 Å². The number of rotatable bonds is 3. The Morgan fingerprint density at radius 1 is 1.43 bits per heavy atom. The van der Waals surface area contributed by atoms with E-state index in [1.165, 1.54) is 30.1 Å². The van der Waals surface area contributed by atoms with E-state index in [0.717, 1.165) is 25.3 Å². The van der Waals surface area contributed by atoms with Gasteiger partial charge < -0.3 is 15.3 Å². The SMILES string of the molecule is CN(CC1CCCC1O)C(=O)C(=O)Nc1cccc(F)c1. The zero-order valence-electron chi connectivity index (χ0n) is 11.9. The van der Waals surface area contributed by atoms with Crippen LogP contribution in [0.15, 0.2) is 24.3 Å². The van der Waals surface area contributed by atoms with Crippen LogP contribution in [0.1, 0.15) is 19.3 Å². The van der Waals surface area contributed by atoms with Crippen molar-refractivity contribution in [3.8, 4) is 0 Å². The summed E-state index contributed by atoms with van der Waals surface area (Å²) in [4.78, 5) is 25.1. The first-order chi connectivity index (χ1) is 9.97. The number of nitrogens with one attached hydrogen (secondary N) is 1. The number of benzene rings is 1. The molecule has 1 fully saturated rings. The predicted molar refractivity (Wildman–Crippen MR) is 76.0 cm³/mol. The van der Waals surface area contributed by atoms with Crippen LogP contribution in [0.25, 0.3) is 0 Å². The van der Waals surface area contributed by atoms with Crippen LogP contribution in [0.2, 0.25) is 0 Å². The van der Waals surface area contributed by atoms with Crippen molar-refractivity contribution in [3.63, 3.8) is 0 Å². The van der Waals surface area contributed by atoms with Gasteiger partial charge in [0.25, 0.3) is 0 Å². The van der Waals surface area contributed by atoms with Crippen molar-refractivity contribution in [2.75, 3.05) is 18.9 Å². The summed E-state index contributed by atoms with van der Waals surface area (Å²) < 4.78 is 13.0. The number of likely N-dealkylation sites (N-methyl/N-ethyl adjacent to an activating group) is 1. The number of nitrogens with zero attached hydrogens (tertiary/aromatic N) is 1. The van der Waals surface area contributed by atoms with E-state index >= 15 is 0 Å². The number of aliphatic hydroxyl groups excluding tert-OH is 1. The first-order valence-electron chi connectivity index (χ1n) is 6.97. The Hall–Kier alpha value is -1.95. The highest BCUT2D eigenvalue weighted by Gasteiger charge is 2.29. The molecule has 0 radical (unpaired) electrons. The molecular weight excluding hydrogens is 275 g/mol. The highest BCUT2D eigenvalue weighted by molar-refractivity contribution is 6.39. The Morgan fingerprint density at radius 3 is 2.81 bits per heavy atom. The fourth-order valence-corrected chi connectivity index (χ4v) is 2.59. The van der Waals surface area contributed by atoms with Crippen LogP contribution < -0.4 is 5.32 Å². The van der Waals surface area contributed by atoms with E-state index in [1.54, 1.807) is 0 Å². The number of aliphatic hydroxyl groups is 1. The monoisotopic (exact) mass is 294 g/mol. The highest BCUT2D eigenvalue weighted by Crippen LogP contribution is 2.26. The molecule has 2 unspecified atom stereocenters. The summed E-state index contributed by atoms with van der Waals surface area (Å²) in [5.74, 6) is -1.97. The van der Waals surface area contributed by atoms with E-state index in [4.69, 9.17) is 0 Å². The molecule has 0 spiro atoms. The molecule has 114 valence electrons. The molecule has 2 rings (SSSR count). The largest absolute Gasteiger partial charge is 0.393 e. The van der Waals surface area contributed by atoms with Gasteiger partial charge in [-0.3, -0.25) is 9.59 Å². The lowest BCUT2D eigenvalue weighted by Gasteiger charge is -2.22. The van der Waals surface area contributed by atoms with Crippen molar-refractivity contribution >= 4 is 17.5 Å². The molecule has 1 aliphatic carbocycles. The van der Waals surface area contributed by atoms with E-state index < -0.39 is 23.7 Å². The Morgan fingerprint density at radius 2 is 2.19 bits per heavy atom. The molecule has 1 saturated carbocycles. The Balaban J connectivity index is 1.90. The molecule has 0 saturated heterocycles. The third-order valence-electron chi connectivity index (χ3n) is 3.75. The molecule has 0 bridgehead atoms. The van der Waals surface area contributed by atoms with E-state index in [1.807, 2.05) is 0 Å². The minimum absolute atomic E-state index is 0.0147. The Bertz CT molecular complexity index is 535. The molecule has 21 heavy (non-hydrogen) atoms. The second-order valence-electron chi connectivity index (χ2n) is 5.41. The fourth-order valence-electron chi connectivity index (χ4n) is 2.59. The summed E-state index contributed by atoms with van der Waals surface area (Å²) in [5, 5.41) is 12.1. The molecule has 1 aliphatic rings. The van der Waals surface area contributed by atoms with Crippen LogP contribution in [0.5, 0.6) is 0 Å². The van der Waals surface area contributed by atoms with Gasteiger partial charge in [-0.05, 0) is 31.0 Å². The average molecular weight is 294 g/mol. The first kappa shape index (κ1) is 15.4. The van der Waals surface area contributed by atoms with Gasteiger partial charge >= 0.3 is 11.8 Å². The quantitative estimate of drug-likeness (QED) is 0.828. The van der Waals surface area contributed by atoms with Crippen molar-refractivity contribution in [1.82, 2.24) is 4.90 Å². The molecule has 1 aromatic carbocycles. The molecule has 5 nitrogen and oxygen atoms in total. The molecular formula is C15H19FN2O3. The molecule has 2 amide bonds. The predicted octanol–water partition coefficient (Wildman–Crippen LogP) is 1.38. The van der Waals surface area contributed by atoms with Crippen LogP contribution in [0.3, 0.4) is 0 Å². The minimum Gasteiger partial charge on any atom is -0.393 e. The lowest BCUT2D eigenvalue weighted by atomic mass is 10.1. The standard InChI is InChI=1S/C15H19FN2O3/c1-18(9-10-4-2-7-13(10)19)15(21)14(20)17-12-6-3-5-11(16)8-12/h3,5-6,8,10,13,19H,2,4,7,9H2,1H3,(H,17,20). The normalized spacial score (nSPS) is 21.1. The molecule has 1 aromatic rings. The number of hydrogen-bond donors (Lipinski definition) is 2. The Labute approximate surface area is 122 Å². The number of halogens is 1. The lowest BCUT2D eigenvalue weighted by molar-refractivity contribution is -0.142. The van der Waals surface area contributed by atoms with Gasteiger partial charge in [0.1, 0.15) is 5.82 Å². The molecule has 0 aliphatic heterocycles. The van der Waals surface area contributed by atoms with Gasteiger partial charge in [0.15, 0.2) is 0 Å². The van der Waals surface area contributed by atoms with Crippen molar-refractivity contribution in [1.29, 1.82) is 0 Å². The van der Waals surface area contributed by atoms with Crippen LogP contribution in [-0.4, -0.2) is 41.5 Å². The third-order valence-corrected chi connectivity index (χ3v) is 3.75. The molecule has 2 atom stereocenters. The summed E-state index contributed by atoms with van der Waals surface area (Å²) in [6.45, 7) is 0.344. The number of hydrogen-bond acceptors (Lipinski definition) is 3. The third kappa shape index (κ3) is 4.01. The van der Waals surface area contributed by atoms with Crippen molar-refractivity contribution in [2.45, 2.75) is 25.4 Å². The van der Waals surface area contributed by atoms with Gasteiger partial charge in [0, 0.05) is 25.2 Å².